The molecular weight excluding hydrogens is 312 g/mol. The second kappa shape index (κ2) is 7.67. The summed E-state index contributed by atoms with van der Waals surface area (Å²) in [5.41, 5.74) is 1.31. The largest absolute Gasteiger partial charge is 0.338 e. The molecule has 3 rings (SSSR count). The summed E-state index contributed by atoms with van der Waals surface area (Å²) in [6.45, 7) is 11.7. The highest BCUT2D eigenvalue weighted by molar-refractivity contribution is 5.14. The third-order valence-electron chi connectivity index (χ3n) is 4.81. The standard InChI is InChI=1S/C20H30N4O/c1-15(18-22-19(23-25-18)20(2,3)4)21-17-10-12-24(13-11-17)14-16-8-6-5-7-9-16/h5-9,15,17,21H,10-14H2,1-4H3. The van der Waals surface area contributed by atoms with Gasteiger partial charge in [0.1, 0.15) is 0 Å². The maximum Gasteiger partial charge on any atom is 0.243 e. The highest BCUT2D eigenvalue weighted by Gasteiger charge is 2.26. The minimum atomic E-state index is -0.0791. The predicted molar refractivity (Wildman–Crippen MR) is 99.3 cm³/mol. The molecule has 0 saturated carbocycles. The number of hydrogen-bond donors (Lipinski definition) is 1. The van der Waals surface area contributed by atoms with Crippen LogP contribution in [0.1, 0.15) is 63.9 Å². The Morgan fingerprint density at radius 3 is 2.48 bits per heavy atom. The van der Waals surface area contributed by atoms with Crippen molar-refractivity contribution in [2.45, 2.75) is 64.6 Å². The summed E-state index contributed by atoms with van der Waals surface area (Å²) < 4.78 is 5.46. The van der Waals surface area contributed by atoms with E-state index in [0.29, 0.717) is 11.9 Å². The highest BCUT2D eigenvalue weighted by atomic mass is 16.5. The van der Waals surface area contributed by atoms with Gasteiger partial charge in [0.25, 0.3) is 0 Å². The molecule has 136 valence electrons. The summed E-state index contributed by atoms with van der Waals surface area (Å²) >= 11 is 0. The quantitative estimate of drug-likeness (QED) is 0.898. The van der Waals surface area contributed by atoms with Crippen molar-refractivity contribution in [2.24, 2.45) is 0 Å². The first kappa shape index (κ1) is 18.1. The van der Waals surface area contributed by atoms with Crippen LogP contribution >= 0.6 is 0 Å². The van der Waals surface area contributed by atoms with Crippen LogP contribution in [-0.4, -0.2) is 34.2 Å². The zero-order valence-corrected chi connectivity index (χ0v) is 15.8. The average molecular weight is 342 g/mol. The maximum absolute atomic E-state index is 5.46. The van der Waals surface area contributed by atoms with Gasteiger partial charge in [-0.05, 0) is 38.4 Å². The van der Waals surface area contributed by atoms with Gasteiger partial charge in [0.2, 0.25) is 5.89 Å². The molecule has 1 fully saturated rings. The molecule has 5 heteroatoms. The molecular formula is C20H30N4O. The smallest absolute Gasteiger partial charge is 0.243 e. The Morgan fingerprint density at radius 1 is 1.20 bits per heavy atom. The number of aromatic nitrogens is 2. The van der Waals surface area contributed by atoms with Crippen molar-refractivity contribution in [1.29, 1.82) is 0 Å². The number of hydrogen-bond acceptors (Lipinski definition) is 5. The third kappa shape index (κ3) is 4.89. The molecule has 0 aliphatic carbocycles. The molecule has 5 nitrogen and oxygen atoms in total. The first-order valence-electron chi connectivity index (χ1n) is 9.28. The monoisotopic (exact) mass is 342 g/mol. The minimum Gasteiger partial charge on any atom is -0.338 e. The van der Waals surface area contributed by atoms with Crippen LogP contribution < -0.4 is 5.32 Å². The fourth-order valence-electron chi connectivity index (χ4n) is 3.24. The molecule has 1 aromatic carbocycles. The second-order valence-electron chi connectivity index (χ2n) is 8.13. The van der Waals surface area contributed by atoms with Gasteiger partial charge in [0.05, 0.1) is 6.04 Å². The van der Waals surface area contributed by atoms with Crippen LogP contribution in [0.25, 0.3) is 0 Å². The summed E-state index contributed by atoms with van der Waals surface area (Å²) in [4.78, 5) is 7.10. The van der Waals surface area contributed by atoms with Crippen molar-refractivity contribution in [3.8, 4) is 0 Å². The summed E-state index contributed by atoms with van der Waals surface area (Å²) in [5, 5.41) is 7.79. The highest BCUT2D eigenvalue weighted by Crippen LogP contribution is 2.22. The molecule has 0 bridgehead atoms. The number of nitrogens with zero attached hydrogens (tertiary/aromatic N) is 3. The van der Waals surface area contributed by atoms with Gasteiger partial charge < -0.3 is 9.84 Å². The van der Waals surface area contributed by atoms with E-state index in [4.69, 9.17) is 4.52 Å². The number of likely N-dealkylation sites (tertiary alicyclic amines) is 1. The van der Waals surface area contributed by atoms with Gasteiger partial charge >= 0.3 is 0 Å². The van der Waals surface area contributed by atoms with Gasteiger partial charge in [-0.2, -0.15) is 4.98 Å². The Bertz CT molecular complexity index is 654. The second-order valence-corrected chi connectivity index (χ2v) is 8.13. The molecule has 1 unspecified atom stereocenters. The first-order chi connectivity index (χ1) is 11.9. The molecule has 25 heavy (non-hydrogen) atoms. The fraction of sp³-hybridized carbons (Fsp3) is 0.600. The van der Waals surface area contributed by atoms with Gasteiger partial charge in [0.15, 0.2) is 5.82 Å². The van der Waals surface area contributed by atoms with Crippen molar-refractivity contribution in [2.75, 3.05) is 13.1 Å². The van der Waals surface area contributed by atoms with E-state index in [1.807, 2.05) is 0 Å². The molecule has 0 radical (unpaired) electrons. The van der Waals surface area contributed by atoms with Crippen molar-refractivity contribution in [3.05, 3.63) is 47.6 Å². The van der Waals surface area contributed by atoms with Gasteiger partial charge in [-0.15, -0.1) is 0 Å². The van der Waals surface area contributed by atoms with E-state index in [1.165, 1.54) is 5.56 Å². The van der Waals surface area contributed by atoms with Crippen LogP contribution in [0.2, 0.25) is 0 Å². The minimum absolute atomic E-state index is 0.0791. The molecule has 2 aromatic rings. The van der Waals surface area contributed by atoms with Gasteiger partial charge in [0, 0.05) is 18.0 Å². The third-order valence-corrected chi connectivity index (χ3v) is 4.81. The zero-order chi connectivity index (χ0) is 17.9. The molecule has 1 aliphatic heterocycles. The van der Waals surface area contributed by atoms with Crippen LogP contribution in [0.4, 0.5) is 0 Å². The predicted octanol–water partition coefficient (Wildman–Crippen LogP) is 3.68. The molecule has 1 N–H and O–H groups in total. The van der Waals surface area contributed by atoms with Crippen LogP contribution in [0.3, 0.4) is 0 Å². The molecule has 2 heterocycles. The Hall–Kier alpha value is -1.72. The van der Waals surface area contributed by atoms with E-state index < -0.39 is 0 Å². The lowest BCUT2D eigenvalue weighted by Gasteiger charge is -2.33. The lowest BCUT2D eigenvalue weighted by Crippen LogP contribution is -2.43. The van der Waals surface area contributed by atoms with E-state index >= 15 is 0 Å². The summed E-state index contributed by atoms with van der Waals surface area (Å²) in [6, 6.07) is 11.3. The first-order valence-corrected chi connectivity index (χ1v) is 9.28. The van der Waals surface area contributed by atoms with E-state index in [-0.39, 0.29) is 11.5 Å². The Labute approximate surface area is 150 Å². The van der Waals surface area contributed by atoms with Crippen LogP contribution in [-0.2, 0) is 12.0 Å². The van der Waals surface area contributed by atoms with Crippen LogP contribution in [0.5, 0.6) is 0 Å². The maximum atomic E-state index is 5.46. The van der Waals surface area contributed by atoms with Crippen molar-refractivity contribution < 1.29 is 4.52 Å². The number of piperidine rings is 1. The van der Waals surface area contributed by atoms with Gasteiger partial charge in [-0.1, -0.05) is 56.3 Å². The lowest BCUT2D eigenvalue weighted by molar-refractivity contribution is 0.180. The Kier molecular flexibility index (Phi) is 5.54. The molecule has 0 amide bonds. The summed E-state index contributed by atoms with van der Waals surface area (Å²) in [7, 11) is 0. The summed E-state index contributed by atoms with van der Waals surface area (Å²) in [5.74, 6) is 1.46. The number of rotatable bonds is 5. The molecule has 1 atom stereocenters. The fourth-order valence-corrected chi connectivity index (χ4v) is 3.24. The van der Waals surface area contributed by atoms with E-state index in [9.17, 15) is 0 Å². The van der Waals surface area contributed by atoms with Crippen LogP contribution in [0, 0.1) is 0 Å². The molecule has 0 spiro atoms. The molecule has 1 saturated heterocycles. The normalized spacial score (nSPS) is 18.4. The van der Waals surface area contributed by atoms with E-state index in [1.54, 1.807) is 0 Å². The van der Waals surface area contributed by atoms with E-state index in [2.05, 4.69) is 78.4 Å². The Morgan fingerprint density at radius 2 is 1.88 bits per heavy atom. The van der Waals surface area contributed by atoms with Gasteiger partial charge in [-0.25, -0.2) is 0 Å². The molecule has 1 aliphatic rings. The van der Waals surface area contributed by atoms with E-state index in [0.717, 1.165) is 38.3 Å². The van der Waals surface area contributed by atoms with Crippen molar-refractivity contribution >= 4 is 0 Å². The topological polar surface area (TPSA) is 54.2 Å². The Balaban J connectivity index is 1.48. The lowest BCUT2D eigenvalue weighted by atomic mass is 9.96. The summed E-state index contributed by atoms with van der Waals surface area (Å²) in [6.07, 6.45) is 2.30. The average Bonchev–Trinajstić information content (AvgIpc) is 3.08. The number of nitrogens with one attached hydrogen (secondary N) is 1. The van der Waals surface area contributed by atoms with Crippen LogP contribution in [0.15, 0.2) is 34.9 Å². The number of benzene rings is 1. The van der Waals surface area contributed by atoms with Gasteiger partial charge in [-0.3, -0.25) is 4.90 Å². The molecule has 1 aromatic heterocycles. The SMILES string of the molecule is CC(NC1CCN(Cc2ccccc2)CC1)c1nc(C(C)(C)C)no1. The zero-order valence-electron chi connectivity index (χ0n) is 15.8. The van der Waals surface area contributed by atoms with Crippen molar-refractivity contribution in [3.63, 3.8) is 0 Å². The van der Waals surface area contributed by atoms with Crippen molar-refractivity contribution in [1.82, 2.24) is 20.4 Å².